The Bertz CT molecular complexity index is 1670. The van der Waals surface area contributed by atoms with Crippen molar-refractivity contribution in [1.29, 1.82) is 0 Å². The zero-order valence-electron chi connectivity index (χ0n) is 23.9. The molecular weight excluding hydrogens is 638 g/mol. The summed E-state index contributed by atoms with van der Waals surface area (Å²) in [4.78, 5) is 18.7. The second-order valence-electron chi connectivity index (χ2n) is 9.81. The smallest absolute Gasteiger partial charge is 0.255 e. The normalized spacial score (nSPS) is 14.3. The lowest BCUT2D eigenvalue weighted by molar-refractivity contribution is -0.113. The quantitative estimate of drug-likeness (QED) is 0.175. The van der Waals surface area contributed by atoms with E-state index < -0.39 is 6.04 Å². The van der Waals surface area contributed by atoms with Crippen molar-refractivity contribution in [2.75, 3.05) is 23.5 Å². The minimum atomic E-state index is -0.583. The number of methoxy groups -OCH3 is 1. The van der Waals surface area contributed by atoms with Crippen molar-refractivity contribution in [3.05, 3.63) is 97.6 Å². The maximum absolute atomic E-state index is 14.0. The predicted molar refractivity (Wildman–Crippen MR) is 172 cm³/mol. The Kier molecular flexibility index (Phi) is 9.15. The number of carbonyl (C=O) groups is 1. The van der Waals surface area contributed by atoms with Crippen molar-refractivity contribution in [3.8, 4) is 11.5 Å². The van der Waals surface area contributed by atoms with Gasteiger partial charge in [-0.2, -0.15) is 4.98 Å². The molecule has 5 rings (SSSR count). The number of anilines is 2. The van der Waals surface area contributed by atoms with Crippen LogP contribution < -0.4 is 20.1 Å². The van der Waals surface area contributed by atoms with Crippen LogP contribution in [0.4, 0.5) is 11.6 Å². The number of benzene rings is 3. The molecule has 8 nitrogen and oxygen atoms in total. The summed E-state index contributed by atoms with van der Waals surface area (Å²) in [5.41, 5.74) is 5.82. The molecule has 3 aromatic carbocycles. The first-order chi connectivity index (χ1) is 20.2. The standard InChI is InChI=1S/C31H31BrClN5O3S/c1-6-42-31-36-30-34-19(4)26(29(39)35-24-9-7-8-17(2)18(24)3)27(38(30)37-31)21-14-23(32)28(25(15-21)40-5)41-16-20-10-12-22(33)13-11-20/h7-15,27H,6,16H2,1-5H3,(H,35,39)(H,34,36,37). The third kappa shape index (κ3) is 6.16. The summed E-state index contributed by atoms with van der Waals surface area (Å²) < 4.78 is 14.4. The number of allylic oxidation sites excluding steroid dienone is 1. The summed E-state index contributed by atoms with van der Waals surface area (Å²) >= 11 is 11.3. The Morgan fingerprint density at radius 1 is 1.17 bits per heavy atom. The van der Waals surface area contributed by atoms with E-state index in [-0.39, 0.29) is 5.91 Å². The van der Waals surface area contributed by atoms with Crippen LogP contribution in [0.25, 0.3) is 0 Å². The molecule has 1 atom stereocenters. The van der Waals surface area contributed by atoms with Crippen LogP contribution >= 0.6 is 39.3 Å². The number of carbonyl (C=O) groups excluding carboxylic acids is 1. The number of aromatic nitrogens is 3. The summed E-state index contributed by atoms with van der Waals surface area (Å²) in [5.74, 6) is 2.22. The third-order valence-electron chi connectivity index (χ3n) is 7.07. The topological polar surface area (TPSA) is 90.3 Å². The van der Waals surface area contributed by atoms with Crippen molar-refractivity contribution in [3.63, 3.8) is 0 Å². The summed E-state index contributed by atoms with van der Waals surface area (Å²) in [6, 6.07) is 16.6. The highest BCUT2D eigenvalue weighted by Crippen LogP contribution is 2.43. The van der Waals surface area contributed by atoms with Gasteiger partial charge in [-0.05, 0) is 95.0 Å². The van der Waals surface area contributed by atoms with Crippen LogP contribution in [0.5, 0.6) is 11.5 Å². The summed E-state index contributed by atoms with van der Waals surface area (Å²) in [6.07, 6.45) is 0. The molecule has 1 aliphatic heterocycles. The molecule has 0 spiro atoms. The predicted octanol–water partition coefficient (Wildman–Crippen LogP) is 7.94. The van der Waals surface area contributed by atoms with Crippen LogP contribution in [0.15, 0.2) is 75.5 Å². The SMILES string of the molecule is CCSc1nc2n(n1)C(c1cc(Br)c(OCc3ccc(Cl)cc3)c(OC)c1)C(C(=O)Nc1cccc(C)c1C)=C(C)N2. The molecule has 0 radical (unpaired) electrons. The van der Waals surface area contributed by atoms with Gasteiger partial charge in [0, 0.05) is 16.4 Å². The molecule has 42 heavy (non-hydrogen) atoms. The Morgan fingerprint density at radius 3 is 2.64 bits per heavy atom. The fourth-order valence-electron chi connectivity index (χ4n) is 4.77. The van der Waals surface area contributed by atoms with Gasteiger partial charge in [0.2, 0.25) is 11.1 Å². The molecule has 11 heteroatoms. The monoisotopic (exact) mass is 667 g/mol. The van der Waals surface area contributed by atoms with Crippen LogP contribution in [0.2, 0.25) is 5.02 Å². The van der Waals surface area contributed by atoms with Crippen molar-refractivity contribution in [2.45, 2.75) is 45.5 Å². The number of amides is 1. The van der Waals surface area contributed by atoms with Gasteiger partial charge in [0.15, 0.2) is 11.5 Å². The number of hydrogen-bond donors (Lipinski definition) is 2. The van der Waals surface area contributed by atoms with E-state index in [0.29, 0.717) is 50.0 Å². The molecule has 2 N–H and O–H groups in total. The zero-order valence-corrected chi connectivity index (χ0v) is 27.1. The molecule has 1 unspecified atom stereocenters. The largest absolute Gasteiger partial charge is 0.493 e. The Balaban J connectivity index is 1.56. The molecule has 218 valence electrons. The zero-order chi connectivity index (χ0) is 30.0. The van der Waals surface area contributed by atoms with E-state index in [4.69, 9.17) is 26.2 Å². The third-order valence-corrected chi connectivity index (χ3v) is 8.63. The van der Waals surface area contributed by atoms with Crippen molar-refractivity contribution < 1.29 is 14.3 Å². The number of aryl methyl sites for hydroxylation is 1. The number of thioether (sulfide) groups is 1. The van der Waals surface area contributed by atoms with Gasteiger partial charge in [-0.15, -0.1) is 5.10 Å². The lowest BCUT2D eigenvalue weighted by Gasteiger charge is -2.29. The highest BCUT2D eigenvalue weighted by Gasteiger charge is 2.35. The van der Waals surface area contributed by atoms with E-state index in [1.165, 1.54) is 11.8 Å². The molecule has 0 saturated carbocycles. The minimum absolute atomic E-state index is 0.234. The molecule has 4 aromatic rings. The summed E-state index contributed by atoms with van der Waals surface area (Å²) in [6.45, 7) is 8.28. The van der Waals surface area contributed by atoms with Crippen molar-refractivity contribution in [1.82, 2.24) is 14.8 Å². The highest BCUT2D eigenvalue weighted by molar-refractivity contribution is 9.10. The van der Waals surface area contributed by atoms with Crippen LogP contribution in [0.1, 0.15) is 42.1 Å². The van der Waals surface area contributed by atoms with Crippen molar-refractivity contribution in [2.24, 2.45) is 0 Å². The Hall–Kier alpha value is -3.47. The summed E-state index contributed by atoms with van der Waals surface area (Å²) in [5, 5.41) is 12.5. The van der Waals surface area contributed by atoms with Gasteiger partial charge in [-0.25, -0.2) is 4.68 Å². The van der Waals surface area contributed by atoms with Gasteiger partial charge in [-0.3, -0.25) is 4.79 Å². The van der Waals surface area contributed by atoms with E-state index >= 15 is 0 Å². The molecule has 1 aromatic heterocycles. The van der Waals surface area contributed by atoms with E-state index in [0.717, 1.165) is 33.7 Å². The minimum Gasteiger partial charge on any atom is -0.493 e. The van der Waals surface area contributed by atoms with Crippen LogP contribution in [-0.4, -0.2) is 33.5 Å². The van der Waals surface area contributed by atoms with Gasteiger partial charge in [0.1, 0.15) is 12.6 Å². The number of nitrogens with zero attached hydrogens (tertiary/aromatic N) is 3. The van der Waals surface area contributed by atoms with E-state index in [9.17, 15) is 4.79 Å². The first-order valence-corrected chi connectivity index (χ1v) is 15.5. The molecule has 1 amide bonds. The molecule has 0 saturated heterocycles. The highest BCUT2D eigenvalue weighted by atomic mass is 79.9. The van der Waals surface area contributed by atoms with E-state index in [2.05, 4.69) is 31.5 Å². The Morgan fingerprint density at radius 2 is 1.93 bits per heavy atom. The van der Waals surface area contributed by atoms with Gasteiger partial charge in [0.25, 0.3) is 5.91 Å². The molecular formula is C31H31BrClN5O3S. The lowest BCUT2D eigenvalue weighted by Crippen LogP contribution is -2.31. The Labute approximate surface area is 263 Å². The van der Waals surface area contributed by atoms with Crippen LogP contribution in [0, 0.1) is 13.8 Å². The second kappa shape index (κ2) is 12.8. The van der Waals surface area contributed by atoms with Gasteiger partial charge in [-0.1, -0.05) is 54.6 Å². The van der Waals surface area contributed by atoms with Gasteiger partial charge in [0.05, 0.1) is 17.2 Å². The maximum Gasteiger partial charge on any atom is 0.255 e. The van der Waals surface area contributed by atoms with E-state index in [1.54, 1.807) is 11.8 Å². The first kappa shape index (κ1) is 30.0. The molecule has 0 aliphatic carbocycles. The average Bonchev–Trinajstić information content (AvgIpc) is 3.36. The number of fused-ring (bicyclic) bond motifs is 1. The number of ether oxygens (including phenoxy) is 2. The van der Waals surface area contributed by atoms with Gasteiger partial charge < -0.3 is 20.1 Å². The number of hydrogen-bond acceptors (Lipinski definition) is 7. The first-order valence-electron chi connectivity index (χ1n) is 13.4. The second-order valence-corrected chi connectivity index (χ2v) is 12.3. The average molecular weight is 669 g/mol. The molecule has 0 bridgehead atoms. The maximum atomic E-state index is 14.0. The van der Waals surface area contributed by atoms with Gasteiger partial charge >= 0.3 is 0 Å². The van der Waals surface area contributed by atoms with Crippen LogP contribution in [0.3, 0.4) is 0 Å². The van der Waals surface area contributed by atoms with Crippen LogP contribution in [-0.2, 0) is 11.4 Å². The lowest BCUT2D eigenvalue weighted by atomic mass is 9.94. The molecule has 0 fully saturated rings. The molecule has 2 heterocycles. The number of halogens is 2. The number of rotatable bonds is 9. The fraction of sp³-hybridized carbons (Fsp3) is 0.258. The number of nitrogens with one attached hydrogen (secondary N) is 2. The molecule has 1 aliphatic rings. The van der Waals surface area contributed by atoms with E-state index in [1.807, 2.05) is 82.3 Å². The fourth-order valence-corrected chi connectivity index (χ4v) is 6.03. The summed E-state index contributed by atoms with van der Waals surface area (Å²) in [7, 11) is 1.59. The van der Waals surface area contributed by atoms with Crippen molar-refractivity contribution >= 4 is 56.8 Å².